The van der Waals surface area contributed by atoms with E-state index in [-0.39, 0.29) is 0 Å². The van der Waals surface area contributed by atoms with Gasteiger partial charge in [-0.15, -0.1) is 0 Å². The average Bonchev–Trinajstić information content (AvgIpc) is 2.06. The molecule has 0 saturated carbocycles. The van der Waals surface area contributed by atoms with Crippen LogP contribution >= 0.6 is 10.7 Å². The van der Waals surface area contributed by atoms with Crippen LogP contribution in [-0.2, 0) is 9.05 Å². The molecular formula is C6H4ClF2NO4S. The third-order valence-corrected chi connectivity index (χ3v) is 2.87. The van der Waals surface area contributed by atoms with Crippen molar-refractivity contribution in [2.45, 2.75) is 11.3 Å². The van der Waals surface area contributed by atoms with Crippen LogP contribution in [0.5, 0.6) is 5.75 Å². The van der Waals surface area contributed by atoms with Crippen LogP contribution in [0.15, 0.2) is 15.9 Å². The summed E-state index contributed by atoms with van der Waals surface area (Å²) in [5.74, 6) is -1.00. The van der Waals surface area contributed by atoms with Crippen LogP contribution in [0.1, 0.15) is 12.1 Å². The molecule has 1 rings (SSSR count). The summed E-state index contributed by atoms with van der Waals surface area (Å²) in [6.45, 7) is 0. The van der Waals surface area contributed by atoms with Crippen molar-refractivity contribution in [1.29, 1.82) is 0 Å². The predicted molar refractivity (Wildman–Crippen MR) is 46.7 cm³/mol. The van der Waals surface area contributed by atoms with E-state index in [1.807, 2.05) is 0 Å². The molecule has 0 aliphatic heterocycles. The first kappa shape index (κ1) is 11.9. The van der Waals surface area contributed by atoms with Gasteiger partial charge in [0.1, 0.15) is 5.69 Å². The number of aromatic amines is 1. The summed E-state index contributed by atoms with van der Waals surface area (Å²) in [7, 11) is 0.150. The molecule has 0 bridgehead atoms. The lowest BCUT2D eigenvalue weighted by Crippen LogP contribution is -2.16. The van der Waals surface area contributed by atoms with Crippen LogP contribution < -0.4 is 5.43 Å². The van der Waals surface area contributed by atoms with Crippen molar-refractivity contribution in [3.05, 3.63) is 22.1 Å². The molecule has 0 radical (unpaired) electrons. The predicted octanol–water partition coefficient (Wildman–Crippen LogP) is 0.946. The van der Waals surface area contributed by atoms with E-state index in [9.17, 15) is 22.0 Å². The van der Waals surface area contributed by atoms with Gasteiger partial charge in [0.25, 0.3) is 15.5 Å². The minimum atomic E-state index is -4.64. The molecule has 5 nitrogen and oxygen atoms in total. The fourth-order valence-corrected chi connectivity index (χ4v) is 2.12. The number of nitrogens with one attached hydrogen (secondary N) is 1. The molecule has 1 aromatic heterocycles. The number of halogens is 3. The molecule has 15 heavy (non-hydrogen) atoms. The Hall–Kier alpha value is -1.15. The first-order valence-electron chi connectivity index (χ1n) is 3.42. The molecule has 2 N–H and O–H groups in total. The topological polar surface area (TPSA) is 87.2 Å². The van der Waals surface area contributed by atoms with Gasteiger partial charge in [0.15, 0.2) is 10.6 Å². The summed E-state index contributed by atoms with van der Waals surface area (Å²) in [5.41, 5.74) is -2.60. The number of alkyl halides is 2. The number of aromatic hydroxyl groups is 1. The van der Waals surface area contributed by atoms with Crippen molar-refractivity contribution in [2.24, 2.45) is 0 Å². The Bertz CT molecular complexity index is 539. The van der Waals surface area contributed by atoms with Crippen LogP contribution in [0.2, 0.25) is 0 Å². The van der Waals surface area contributed by atoms with Crippen LogP contribution in [0.4, 0.5) is 8.78 Å². The van der Waals surface area contributed by atoms with E-state index < -0.39 is 37.2 Å². The molecule has 0 unspecified atom stereocenters. The highest BCUT2D eigenvalue weighted by Gasteiger charge is 2.27. The highest BCUT2D eigenvalue weighted by molar-refractivity contribution is 8.13. The van der Waals surface area contributed by atoms with Gasteiger partial charge in [-0.2, -0.15) is 0 Å². The Morgan fingerprint density at radius 2 is 2.00 bits per heavy atom. The lowest BCUT2D eigenvalue weighted by atomic mass is 10.3. The molecule has 0 aliphatic carbocycles. The second kappa shape index (κ2) is 3.78. The normalized spacial score (nSPS) is 12.0. The summed E-state index contributed by atoms with van der Waals surface area (Å²) in [6, 6.07) is 0. The van der Waals surface area contributed by atoms with Crippen LogP contribution in [0, 0.1) is 0 Å². The van der Waals surface area contributed by atoms with Gasteiger partial charge in [0.2, 0.25) is 5.43 Å². The maximum atomic E-state index is 12.3. The van der Waals surface area contributed by atoms with Gasteiger partial charge in [-0.3, -0.25) is 4.79 Å². The Labute approximate surface area is 86.7 Å². The summed E-state index contributed by atoms with van der Waals surface area (Å²) in [5, 5.41) is 8.86. The number of aromatic nitrogens is 1. The van der Waals surface area contributed by atoms with Crippen LogP contribution in [-0.4, -0.2) is 18.5 Å². The van der Waals surface area contributed by atoms with Crippen LogP contribution in [0.25, 0.3) is 0 Å². The Balaban J connectivity index is 3.73. The molecule has 0 atom stereocenters. The van der Waals surface area contributed by atoms with Gasteiger partial charge in [0, 0.05) is 16.9 Å². The minimum absolute atomic E-state index is 0.565. The van der Waals surface area contributed by atoms with Crippen molar-refractivity contribution >= 4 is 19.7 Å². The number of pyridine rings is 1. The summed E-state index contributed by atoms with van der Waals surface area (Å²) in [6.07, 6.45) is -2.66. The lowest BCUT2D eigenvalue weighted by Gasteiger charge is -2.05. The fraction of sp³-hybridized carbons (Fsp3) is 0.167. The minimum Gasteiger partial charge on any atom is -0.503 e. The monoisotopic (exact) mass is 259 g/mol. The standard InChI is InChI=1S/C6H4ClF2NO4S/c7-15(13,14)5-3(6(8)9)10-1-2(11)4(5)12/h1,6,11H,(H,10,12). The molecule has 0 aliphatic rings. The van der Waals surface area contributed by atoms with Crippen molar-refractivity contribution in [3.63, 3.8) is 0 Å². The fourth-order valence-electron chi connectivity index (χ4n) is 0.920. The van der Waals surface area contributed by atoms with Gasteiger partial charge >= 0.3 is 0 Å². The molecule has 0 fully saturated rings. The molecule has 1 heterocycles. The van der Waals surface area contributed by atoms with E-state index in [1.54, 1.807) is 4.98 Å². The lowest BCUT2D eigenvalue weighted by molar-refractivity contribution is 0.142. The second-order valence-corrected chi connectivity index (χ2v) is 4.99. The largest absolute Gasteiger partial charge is 0.503 e. The highest BCUT2D eigenvalue weighted by Crippen LogP contribution is 2.25. The highest BCUT2D eigenvalue weighted by atomic mass is 35.7. The van der Waals surface area contributed by atoms with Crippen molar-refractivity contribution < 1.29 is 22.3 Å². The van der Waals surface area contributed by atoms with E-state index in [2.05, 4.69) is 0 Å². The van der Waals surface area contributed by atoms with Crippen molar-refractivity contribution in [1.82, 2.24) is 4.98 Å². The zero-order valence-electron chi connectivity index (χ0n) is 6.87. The van der Waals surface area contributed by atoms with Crippen molar-refractivity contribution in [2.75, 3.05) is 0 Å². The molecule has 0 spiro atoms. The second-order valence-electron chi connectivity index (χ2n) is 2.48. The van der Waals surface area contributed by atoms with Gasteiger partial charge in [-0.25, -0.2) is 17.2 Å². The molecule has 1 aromatic rings. The molecular weight excluding hydrogens is 256 g/mol. The maximum Gasteiger partial charge on any atom is 0.279 e. The summed E-state index contributed by atoms with van der Waals surface area (Å²) >= 11 is 0. The summed E-state index contributed by atoms with van der Waals surface area (Å²) < 4.78 is 46.3. The SMILES string of the molecule is O=c1c(O)c[nH]c(C(F)F)c1S(=O)(=O)Cl. The van der Waals surface area contributed by atoms with E-state index in [1.165, 1.54) is 0 Å². The Morgan fingerprint density at radius 3 is 2.40 bits per heavy atom. The summed E-state index contributed by atoms with van der Waals surface area (Å²) in [4.78, 5) is 11.5. The Morgan fingerprint density at radius 1 is 1.47 bits per heavy atom. The molecule has 0 saturated heterocycles. The number of hydrogen-bond acceptors (Lipinski definition) is 4. The molecule has 0 aromatic carbocycles. The zero-order chi connectivity index (χ0) is 11.8. The zero-order valence-corrected chi connectivity index (χ0v) is 8.44. The molecule has 0 amide bonds. The molecule has 9 heteroatoms. The van der Waals surface area contributed by atoms with E-state index in [0.29, 0.717) is 6.20 Å². The first-order valence-corrected chi connectivity index (χ1v) is 5.73. The van der Waals surface area contributed by atoms with Gasteiger partial charge in [-0.05, 0) is 0 Å². The third kappa shape index (κ3) is 2.26. The Kier molecular flexibility index (Phi) is 3.00. The average molecular weight is 260 g/mol. The van der Waals surface area contributed by atoms with E-state index >= 15 is 0 Å². The van der Waals surface area contributed by atoms with E-state index in [0.717, 1.165) is 0 Å². The quantitative estimate of drug-likeness (QED) is 0.774. The number of H-pyrrole nitrogens is 1. The maximum absolute atomic E-state index is 12.3. The molecule has 84 valence electrons. The first-order chi connectivity index (χ1) is 6.75. The van der Waals surface area contributed by atoms with Crippen molar-refractivity contribution in [3.8, 4) is 5.75 Å². The van der Waals surface area contributed by atoms with E-state index in [4.69, 9.17) is 15.8 Å². The number of hydrogen-bond donors (Lipinski definition) is 2. The van der Waals surface area contributed by atoms with Gasteiger partial charge in [-0.1, -0.05) is 0 Å². The van der Waals surface area contributed by atoms with Gasteiger partial charge < -0.3 is 10.1 Å². The third-order valence-electron chi connectivity index (χ3n) is 1.51. The smallest absolute Gasteiger partial charge is 0.279 e. The number of rotatable bonds is 2. The van der Waals surface area contributed by atoms with Crippen LogP contribution in [0.3, 0.4) is 0 Å². The van der Waals surface area contributed by atoms with Gasteiger partial charge in [0.05, 0.1) is 0 Å².